The molecular formula is C21H16. The highest BCUT2D eigenvalue weighted by Gasteiger charge is 2.26. The average Bonchev–Trinajstić information content (AvgIpc) is 2.95. The third-order valence-electron chi connectivity index (χ3n) is 4.97. The number of hydrogen-bond acceptors (Lipinski definition) is 0. The van der Waals surface area contributed by atoms with E-state index in [2.05, 4.69) is 60.7 Å². The topological polar surface area (TPSA) is 0 Å². The molecule has 2 aliphatic rings. The lowest BCUT2D eigenvalue weighted by Crippen LogP contribution is -2.00. The fourth-order valence-electron chi connectivity index (χ4n) is 4.08. The largest absolute Gasteiger partial charge is 0.0836 e. The molecule has 3 aromatic carbocycles. The zero-order chi connectivity index (χ0) is 13.8. The highest BCUT2D eigenvalue weighted by atomic mass is 14.3. The maximum Gasteiger partial charge on any atom is -0.000706 e. The van der Waals surface area contributed by atoms with Gasteiger partial charge in [-0.25, -0.2) is 0 Å². The van der Waals surface area contributed by atoms with Crippen LogP contribution in [0.4, 0.5) is 0 Å². The monoisotopic (exact) mass is 268 g/mol. The molecule has 0 saturated heterocycles. The number of rotatable bonds is 0. The predicted octanol–water partition coefficient (Wildman–Crippen LogP) is 5.37. The second-order valence-corrected chi connectivity index (χ2v) is 6.07. The fraction of sp³-hybridized carbons (Fsp3) is 0.143. The zero-order valence-corrected chi connectivity index (χ0v) is 11.9. The minimum absolute atomic E-state index is 1.08. The van der Waals surface area contributed by atoms with Crippen LogP contribution in [0.3, 0.4) is 0 Å². The molecular weight excluding hydrogens is 252 g/mol. The number of hydrogen-bond donors (Lipinski definition) is 0. The Morgan fingerprint density at radius 3 is 2.43 bits per heavy atom. The smallest absolute Gasteiger partial charge is 0.000706 e. The van der Waals surface area contributed by atoms with Gasteiger partial charge in [0.25, 0.3) is 0 Å². The first-order valence-electron chi connectivity index (χ1n) is 7.75. The standard InChI is InChI=1S/C21H16/c1-2-8-15-14(7-1)13-20-18-11-4-3-9-16(18)17-10-5-6-12-19(17)21(15)20/h1-4,6-9,11-12H,5,10,13H2. The van der Waals surface area contributed by atoms with Crippen LogP contribution < -0.4 is 0 Å². The molecule has 0 atom stereocenters. The van der Waals surface area contributed by atoms with E-state index >= 15 is 0 Å². The summed E-state index contributed by atoms with van der Waals surface area (Å²) in [5.41, 5.74) is 8.96. The summed E-state index contributed by atoms with van der Waals surface area (Å²) in [4.78, 5) is 0. The maximum absolute atomic E-state index is 2.35. The van der Waals surface area contributed by atoms with E-state index in [1.807, 2.05) is 0 Å². The molecule has 0 amide bonds. The zero-order valence-electron chi connectivity index (χ0n) is 11.9. The maximum atomic E-state index is 2.35. The Labute approximate surface area is 124 Å². The lowest BCUT2D eigenvalue weighted by atomic mass is 9.84. The van der Waals surface area contributed by atoms with Gasteiger partial charge in [-0.2, -0.15) is 0 Å². The predicted molar refractivity (Wildman–Crippen MR) is 89.5 cm³/mol. The SMILES string of the molecule is C1=Cc2c3c(c4ccccc4c2CC1)Cc1ccccc1-3. The highest BCUT2D eigenvalue weighted by Crippen LogP contribution is 2.46. The molecule has 0 unspecified atom stereocenters. The molecule has 3 aromatic rings. The molecule has 0 aromatic heterocycles. The van der Waals surface area contributed by atoms with Crippen LogP contribution in [0.15, 0.2) is 54.6 Å². The summed E-state index contributed by atoms with van der Waals surface area (Å²) in [6.07, 6.45) is 8.09. The van der Waals surface area contributed by atoms with E-state index in [9.17, 15) is 0 Å². The Kier molecular flexibility index (Phi) is 2.20. The van der Waals surface area contributed by atoms with Crippen molar-refractivity contribution in [3.63, 3.8) is 0 Å². The Bertz CT molecular complexity index is 913. The Hall–Kier alpha value is -2.34. The molecule has 0 saturated carbocycles. The van der Waals surface area contributed by atoms with E-state index < -0.39 is 0 Å². The lowest BCUT2D eigenvalue weighted by molar-refractivity contribution is 0.997. The van der Waals surface area contributed by atoms with Gasteiger partial charge in [-0.05, 0) is 63.4 Å². The van der Waals surface area contributed by atoms with E-state index in [1.54, 1.807) is 5.56 Å². The molecule has 0 fully saturated rings. The van der Waals surface area contributed by atoms with Gasteiger partial charge in [0.2, 0.25) is 0 Å². The van der Waals surface area contributed by atoms with Crippen molar-refractivity contribution < 1.29 is 0 Å². The fourth-order valence-corrected chi connectivity index (χ4v) is 4.08. The third kappa shape index (κ3) is 1.45. The van der Waals surface area contributed by atoms with Gasteiger partial charge in [-0.3, -0.25) is 0 Å². The highest BCUT2D eigenvalue weighted by molar-refractivity contribution is 6.02. The lowest BCUT2D eigenvalue weighted by Gasteiger charge is -2.19. The molecule has 0 radical (unpaired) electrons. The summed E-state index contributed by atoms with van der Waals surface area (Å²) in [6.45, 7) is 0. The van der Waals surface area contributed by atoms with E-state index in [4.69, 9.17) is 0 Å². The Balaban J connectivity index is 2.00. The van der Waals surface area contributed by atoms with Gasteiger partial charge in [-0.1, -0.05) is 60.7 Å². The molecule has 0 bridgehead atoms. The van der Waals surface area contributed by atoms with Crippen molar-refractivity contribution in [2.24, 2.45) is 0 Å². The van der Waals surface area contributed by atoms with Gasteiger partial charge >= 0.3 is 0 Å². The third-order valence-corrected chi connectivity index (χ3v) is 4.97. The van der Waals surface area contributed by atoms with Crippen LogP contribution in [0, 0.1) is 0 Å². The molecule has 0 spiro atoms. The van der Waals surface area contributed by atoms with Crippen LogP contribution in [0.1, 0.15) is 28.7 Å². The molecule has 2 aliphatic carbocycles. The van der Waals surface area contributed by atoms with Crippen molar-refractivity contribution in [3.8, 4) is 11.1 Å². The number of aryl methyl sites for hydroxylation is 1. The van der Waals surface area contributed by atoms with Gasteiger partial charge in [0.05, 0.1) is 0 Å². The Morgan fingerprint density at radius 2 is 1.52 bits per heavy atom. The van der Waals surface area contributed by atoms with Crippen molar-refractivity contribution in [2.75, 3.05) is 0 Å². The minimum Gasteiger partial charge on any atom is -0.0836 e. The van der Waals surface area contributed by atoms with Crippen molar-refractivity contribution >= 4 is 16.8 Å². The second kappa shape index (κ2) is 4.08. The van der Waals surface area contributed by atoms with Gasteiger partial charge in [-0.15, -0.1) is 0 Å². The van der Waals surface area contributed by atoms with E-state index in [0.717, 1.165) is 12.8 Å². The molecule has 0 nitrogen and oxygen atoms in total. The summed E-state index contributed by atoms with van der Waals surface area (Å²) < 4.78 is 0. The van der Waals surface area contributed by atoms with Gasteiger partial charge in [0.1, 0.15) is 0 Å². The molecule has 5 rings (SSSR count). The van der Waals surface area contributed by atoms with E-state index in [-0.39, 0.29) is 0 Å². The average molecular weight is 268 g/mol. The van der Waals surface area contributed by atoms with Crippen LogP contribution in [0.25, 0.3) is 28.0 Å². The number of allylic oxidation sites excluding steroid dienone is 1. The first-order chi connectivity index (χ1) is 10.4. The number of benzene rings is 3. The van der Waals surface area contributed by atoms with E-state index in [1.165, 1.54) is 45.0 Å². The Morgan fingerprint density at radius 1 is 0.762 bits per heavy atom. The van der Waals surface area contributed by atoms with Crippen molar-refractivity contribution in [1.82, 2.24) is 0 Å². The second-order valence-electron chi connectivity index (χ2n) is 6.07. The minimum atomic E-state index is 1.08. The van der Waals surface area contributed by atoms with Crippen LogP contribution >= 0.6 is 0 Å². The molecule has 0 heterocycles. The van der Waals surface area contributed by atoms with Crippen molar-refractivity contribution in [1.29, 1.82) is 0 Å². The van der Waals surface area contributed by atoms with Crippen molar-refractivity contribution in [3.05, 3.63) is 76.9 Å². The summed E-state index contributed by atoms with van der Waals surface area (Å²) in [6, 6.07) is 17.9. The molecule has 0 heteroatoms. The first-order valence-corrected chi connectivity index (χ1v) is 7.75. The van der Waals surface area contributed by atoms with Gasteiger partial charge in [0.15, 0.2) is 0 Å². The van der Waals surface area contributed by atoms with Gasteiger partial charge < -0.3 is 0 Å². The molecule has 0 aliphatic heterocycles. The van der Waals surface area contributed by atoms with Crippen LogP contribution in [-0.4, -0.2) is 0 Å². The number of fused-ring (bicyclic) bond motifs is 8. The summed E-state index contributed by atoms with van der Waals surface area (Å²) in [5.74, 6) is 0. The van der Waals surface area contributed by atoms with Crippen LogP contribution in [-0.2, 0) is 12.8 Å². The van der Waals surface area contributed by atoms with E-state index in [0.29, 0.717) is 0 Å². The van der Waals surface area contributed by atoms with Crippen molar-refractivity contribution in [2.45, 2.75) is 19.3 Å². The summed E-state index contributed by atoms with van der Waals surface area (Å²) >= 11 is 0. The quantitative estimate of drug-likeness (QED) is 0.402. The normalized spacial score (nSPS) is 14.9. The van der Waals surface area contributed by atoms with Crippen LogP contribution in [0.2, 0.25) is 0 Å². The van der Waals surface area contributed by atoms with Gasteiger partial charge in [0, 0.05) is 0 Å². The molecule has 21 heavy (non-hydrogen) atoms. The molecule has 0 N–H and O–H groups in total. The van der Waals surface area contributed by atoms with Crippen LogP contribution in [0.5, 0.6) is 0 Å². The first kappa shape index (κ1) is 11.3. The summed E-state index contributed by atoms with van der Waals surface area (Å²) in [7, 11) is 0. The molecule has 100 valence electrons. The summed E-state index contributed by atoms with van der Waals surface area (Å²) in [5, 5.41) is 2.92.